The minimum atomic E-state index is -3.76. The summed E-state index contributed by atoms with van der Waals surface area (Å²) in [7, 11) is -3.76. The summed E-state index contributed by atoms with van der Waals surface area (Å²) in [5.41, 5.74) is 2.16. The van der Waals surface area contributed by atoms with Gasteiger partial charge in [0.25, 0.3) is 5.91 Å². The van der Waals surface area contributed by atoms with Gasteiger partial charge in [-0.1, -0.05) is 19.0 Å². The Morgan fingerprint density at radius 2 is 1.73 bits per heavy atom. The van der Waals surface area contributed by atoms with Gasteiger partial charge in [-0.2, -0.15) is 9.40 Å². The maximum absolute atomic E-state index is 13.3. The Morgan fingerprint density at radius 3 is 2.27 bits per heavy atom. The van der Waals surface area contributed by atoms with Crippen LogP contribution >= 0.6 is 0 Å². The third-order valence-corrected chi connectivity index (χ3v) is 7.89. The highest BCUT2D eigenvalue weighted by Gasteiger charge is 2.35. The topological polar surface area (TPSA) is 102 Å². The number of hydrogen-bond donors (Lipinski definition) is 0. The Balaban J connectivity index is 1.54. The number of benzene rings is 1. The molecule has 1 aliphatic rings. The Kier molecular flexibility index (Phi) is 6.10. The maximum atomic E-state index is 13.3. The van der Waals surface area contributed by atoms with Crippen LogP contribution in [0.5, 0.6) is 0 Å². The molecule has 33 heavy (non-hydrogen) atoms. The molecular formula is C22H26FN5O4S. The molecule has 2 aromatic heterocycles. The van der Waals surface area contributed by atoms with Crippen LogP contribution < -0.4 is 0 Å². The van der Waals surface area contributed by atoms with Crippen molar-refractivity contribution in [2.75, 3.05) is 26.2 Å². The van der Waals surface area contributed by atoms with Crippen molar-refractivity contribution in [3.63, 3.8) is 0 Å². The van der Waals surface area contributed by atoms with Gasteiger partial charge in [-0.15, -0.1) is 0 Å². The number of amides is 1. The average Bonchev–Trinajstić information content (AvgIpc) is 3.37. The minimum Gasteiger partial charge on any atom is -0.360 e. The lowest BCUT2D eigenvalue weighted by molar-refractivity contribution is 0.0696. The lowest BCUT2D eigenvalue weighted by Gasteiger charge is -2.34. The molecule has 0 spiro atoms. The first kappa shape index (κ1) is 23.1. The second-order valence-corrected chi connectivity index (χ2v) is 10.2. The summed E-state index contributed by atoms with van der Waals surface area (Å²) < 4.78 is 47.5. The van der Waals surface area contributed by atoms with E-state index in [1.54, 1.807) is 35.6 Å². The van der Waals surface area contributed by atoms with Crippen molar-refractivity contribution in [1.29, 1.82) is 0 Å². The van der Waals surface area contributed by atoms with Gasteiger partial charge in [-0.3, -0.25) is 4.79 Å². The first-order valence-corrected chi connectivity index (χ1v) is 12.1. The Hall–Kier alpha value is -3.05. The quantitative estimate of drug-likeness (QED) is 0.562. The van der Waals surface area contributed by atoms with Crippen LogP contribution in [-0.4, -0.2) is 64.6 Å². The van der Waals surface area contributed by atoms with Gasteiger partial charge >= 0.3 is 0 Å². The number of carbonyl (C=O) groups excluding carboxylic acids is 1. The smallest absolute Gasteiger partial charge is 0.257 e. The van der Waals surface area contributed by atoms with E-state index in [0.29, 0.717) is 16.9 Å². The SMILES string of the molecule is Cc1noc(C)c1S(=O)(=O)N1CCN(C(=O)c2cnn(-c3ccc(F)cc3)c2C(C)C)CC1. The lowest BCUT2D eigenvalue weighted by atomic mass is 10.0. The van der Waals surface area contributed by atoms with E-state index in [4.69, 9.17) is 4.52 Å². The van der Waals surface area contributed by atoms with E-state index in [1.165, 1.54) is 22.6 Å². The molecule has 0 unspecified atom stereocenters. The number of halogens is 1. The van der Waals surface area contributed by atoms with E-state index < -0.39 is 10.0 Å². The molecule has 1 aliphatic heterocycles. The van der Waals surface area contributed by atoms with Crippen LogP contribution in [0.1, 0.15) is 47.3 Å². The van der Waals surface area contributed by atoms with Crippen LogP contribution in [0.25, 0.3) is 5.69 Å². The second kappa shape index (κ2) is 8.71. The monoisotopic (exact) mass is 475 g/mol. The molecule has 1 aromatic carbocycles. The summed E-state index contributed by atoms with van der Waals surface area (Å²) in [5.74, 6) is -0.322. The fourth-order valence-electron chi connectivity index (χ4n) is 4.14. The van der Waals surface area contributed by atoms with Crippen LogP contribution in [0.15, 0.2) is 39.9 Å². The highest BCUT2D eigenvalue weighted by molar-refractivity contribution is 7.89. The molecule has 0 aliphatic carbocycles. The molecule has 176 valence electrons. The van der Waals surface area contributed by atoms with Crippen molar-refractivity contribution >= 4 is 15.9 Å². The zero-order valence-electron chi connectivity index (χ0n) is 18.9. The van der Waals surface area contributed by atoms with Gasteiger partial charge in [0.15, 0.2) is 5.76 Å². The molecule has 1 fully saturated rings. The Morgan fingerprint density at radius 1 is 1.09 bits per heavy atom. The van der Waals surface area contributed by atoms with E-state index in [2.05, 4.69) is 10.3 Å². The summed E-state index contributed by atoms with van der Waals surface area (Å²) in [6.45, 7) is 7.92. The fourth-order valence-corrected chi connectivity index (χ4v) is 5.85. The third-order valence-electron chi connectivity index (χ3n) is 5.75. The molecule has 3 aromatic rings. The summed E-state index contributed by atoms with van der Waals surface area (Å²) in [5, 5.41) is 8.13. The normalized spacial score (nSPS) is 15.4. The molecule has 0 N–H and O–H groups in total. The number of aromatic nitrogens is 3. The van der Waals surface area contributed by atoms with Crippen LogP contribution in [0, 0.1) is 19.7 Å². The van der Waals surface area contributed by atoms with Crippen molar-refractivity contribution in [2.45, 2.75) is 38.5 Å². The van der Waals surface area contributed by atoms with Gasteiger partial charge in [-0.25, -0.2) is 17.5 Å². The second-order valence-electron chi connectivity index (χ2n) is 8.34. The van der Waals surface area contributed by atoms with E-state index in [-0.39, 0.29) is 54.5 Å². The van der Waals surface area contributed by atoms with Crippen molar-refractivity contribution in [3.05, 3.63) is 59.0 Å². The van der Waals surface area contributed by atoms with E-state index >= 15 is 0 Å². The van der Waals surface area contributed by atoms with Crippen molar-refractivity contribution in [1.82, 2.24) is 24.1 Å². The number of aryl methyl sites for hydroxylation is 2. The van der Waals surface area contributed by atoms with Crippen LogP contribution in [0.3, 0.4) is 0 Å². The summed E-state index contributed by atoms with van der Waals surface area (Å²) >= 11 is 0. The van der Waals surface area contributed by atoms with Gasteiger partial charge in [0.05, 0.1) is 23.1 Å². The minimum absolute atomic E-state index is 0.0160. The van der Waals surface area contributed by atoms with Crippen molar-refractivity contribution < 1.29 is 22.1 Å². The van der Waals surface area contributed by atoms with Gasteiger partial charge < -0.3 is 9.42 Å². The largest absolute Gasteiger partial charge is 0.360 e. The summed E-state index contributed by atoms with van der Waals surface area (Å²) in [6, 6.07) is 5.92. The lowest BCUT2D eigenvalue weighted by Crippen LogP contribution is -2.50. The highest BCUT2D eigenvalue weighted by atomic mass is 32.2. The van der Waals surface area contributed by atoms with Crippen molar-refractivity contribution in [2.24, 2.45) is 0 Å². The fraction of sp³-hybridized carbons (Fsp3) is 0.409. The molecule has 0 atom stereocenters. The van der Waals surface area contributed by atoms with Crippen LogP contribution in [-0.2, 0) is 10.0 Å². The molecule has 11 heteroatoms. The molecular weight excluding hydrogens is 449 g/mol. The molecule has 9 nitrogen and oxygen atoms in total. The predicted molar refractivity (Wildman–Crippen MR) is 118 cm³/mol. The molecule has 3 heterocycles. The first-order chi connectivity index (χ1) is 15.6. The van der Waals surface area contributed by atoms with E-state index in [0.717, 1.165) is 5.69 Å². The number of nitrogens with zero attached hydrogens (tertiary/aromatic N) is 5. The average molecular weight is 476 g/mol. The van der Waals surface area contributed by atoms with Gasteiger partial charge in [-0.05, 0) is 44.0 Å². The predicted octanol–water partition coefficient (Wildman–Crippen LogP) is 2.89. The third kappa shape index (κ3) is 4.18. The number of sulfonamides is 1. The molecule has 1 saturated heterocycles. The zero-order chi connectivity index (χ0) is 23.9. The standard InChI is InChI=1S/C22H26FN5O4S/c1-14(2)20-19(13-24-28(20)18-7-5-17(23)6-8-18)22(29)26-9-11-27(12-10-26)33(30,31)21-15(3)25-32-16(21)4/h5-8,13-14H,9-12H2,1-4H3. The molecule has 4 rings (SSSR count). The first-order valence-electron chi connectivity index (χ1n) is 10.7. The maximum Gasteiger partial charge on any atom is 0.257 e. The van der Waals surface area contributed by atoms with Gasteiger partial charge in [0.2, 0.25) is 10.0 Å². The molecule has 1 amide bonds. The number of piperazine rings is 1. The summed E-state index contributed by atoms with van der Waals surface area (Å²) in [4.78, 5) is 15.1. The Bertz CT molecular complexity index is 1250. The van der Waals surface area contributed by atoms with Crippen molar-refractivity contribution in [3.8, 4) is 5.69 Å². The van der Waals surface area contributed by atoms with Gasteiger partial charge in [0.1, 0.15) is 16.4 Å². The van der Waals surface area contributed by atoms with Crippen LogP contribution in [0.2, 0.25) is 0 Å². The highest BCUT2D eigenvalue weighted by Crippen LogP contribution is 2.27. The van der Waals surface area contributed by atoms with E-state index in [1.807, 2.05) is 13.8 Å². The van der Waals surface area contributed by atoms with E-state index in [9.17, 15) is 17.6 Å². The Labute approximate surface area is 191 Å². The number of rotatable bonds is 5. The zero-order valence-corrected chi connectivity index (χ0v) is 19.8. The number of carbonyl (C=O) groups is 1. The molecule has 0 saturated carbocycles. The summed E-state index contributed by atoms with van der Waals surface area (Å²) in [6.07, 6.45) is 1.52. The number of hydrogen-bond acceptors (Lipinski definition) is 6. The molecule has 0 radical (unpaired) electrons. The van der Waals surface area contributed by atoms with Gasteiger partial charge in [0, 0.05) is 26.2 Å². The molecule has 0 bridgehead atoms. The van der Waals surface area contributed by atoms with Crippen LogP contribution in [0.4, 0.5) is 4.39 Å².